The highest BCUT2D eigenvalue weighted by atomic mass is 19.1. The molecule has 1 N–H and O–H groups in total. The van der Waals surface area contributed by atoms with Gasteiger partial charge in [0.25, 0.3) is 0 Å². The van der Waals surface area contributed by atoms with Crippen LogP contribution in [0.3, 0.4) is 0 Å². The maximum atomic E-state index is 13.7. The predicted octanol–water partition coefficient (Wildman–Crippen LogP) is 4.17. The molecule has 0 spiro atoms. The van der Waals surface area contributed by atoms with Gasteiger partial charge in [-0.2, -0.15) is 0 Å². The van der Waals surface area contributed by atoms with Gasteiger partial charge in [-0.25, -0.2) is 8.78 Å². The minimum atomic E-state index is -0.602. The summed E-state index contributed by atoms with van der Waals surface area (Å²) in [5.41, 5.74) is 1.08. The van der Waals surface area contributed by atoms with E-state index < -0.39 is 17.7 Å². The summed E-state index contributed by atoms with van der Waals surface area (Å²) in [5, 5.41) is 2.70. The predicted molar refractivity (Wildman–Crippen MR) is 88.8 cm³/mol. The number of benzene rings is 2. The van der Waals surface area contributed by atoms with Gasteiger partial charge < -0.3 is 10.1 Å². The number of rotatable bonds is 7. The molecule has 5 heteroatoms. The second kappa shape index (κ2) is 8.43. The van der Waals surface area contributed by atoms with Crippen LogP contribution in [-0.4, -0.2) is 12.5 Å². The Morgan fingerprint density at radius 3 is 2.71 bits per heavy atom. The van der Waals surface area contributed by atoms with E-state index in [2.05, 4.69) is 5.32 Å². The summed E-state index contributed by atoms with van der Waals surface area (Å²) >= 11 is 0. The van der Waals surface area contributed by atoms with Crippen LogP contribution < -0.4 is 10.1 Å². The van der Waals surface area contributed by atoms with Gasteiger partial charge >= 0.3 is 0 Å². The van der Waals surface area contributed by atoms with Crippen LogP contribution in [0.5, 0.6) is 5.75 Å². The topological polar surface area (TPSA) is 38.3 Å². The summed E-state index contributed by atoms with van der Waals surface area (Å²) in [4.78, 5) is 12.1. The van der Waals surface area contributed by atoms with Crippen molar-refractivity contribution in [2.45, 2.75) is 32.7 Å². The number of halogens is 2. The molecule has 3 nitrogen and oxygen atoms in total. The van der Waals surface area contributed by atoms with Crippen molar-refractivity contribution >= 4 is 5.91 Å². The molecule has 24 heavy (non-hydrogen) atoms. The Bertz CT molecular complexity index is 704. The lowest BCUT2D eigenvalue weighted by Crippen LogP contribution is -2.27. The third kappa shape index (κ3) is 4.78. The average Bonchev–Trinajstić information content (AvgIpc) is 2.56. The molecule has 1 unspecified atom stereocenters. The quantitative estimate of drug-likeness (QED) is 0.826. The van der Waals surface area contributed by atoms with Crippen molar-refractivity contribution in [3.63, 3.8) is 0 Å². The zero-order chi connectivity index (χ0) is 17.5. The molecule has 0 fully saturated rings. The minimum Gasteiger partial charge on any atom is -0.494 e. The Labute approximate surface area is 140 Å². The summed E-state index contributed by atoms with van der Waals surface area (Å²) in [5.74, 6) is -0.529. The molecule has 0 aliphatic rings. The maximum Gasteiger partial charge on any atom is 0.220 e. The van der Waals surface area contributed by atoms with Gasteiger partial charge in [-0.05, 0) is 50.1 Å². The molecule has 0 radical (unpaired) electrons. The number of aryl methyl sites for hydroxylation is 1. The SMILES string of the molecule is CCOc1ccccc1CCC(=O)NC(C)c1cc(F)ccc1F. The van der Waals surface area contributed by atoms with Gasteiger partial charge in [-0.1, -0.05) is 18.2 Å². The second-order valence-electron chi connectivity index (χ2n) is 5.50. The number of carbonyl (C=O) groups excluding carboxylic acids is 1. The zero-order valence-corrected chi connectivity index (χ0v) is 13.8. The fourth-order valence-electron chi connectivity index (χ4n) is 2.49. The molecule has 0 aliphatic heterocycles. The molecule has 0 saturated heterocycles. The number of para-hydroxylation sites is 1. The first-order valence-corrected chi connectivity index (χ1v) is 7.96. The fraction of sp³-hybridized carbons (Fsp3) is 0.316. The van der Waals surface area contributed by atoms with Gasteiger partial charge in [0, 0.05) is 12.0 Å². The van der Waals surface area contributed by atoms with Crippen LogP contribution in [0.4, 0.5) is 8.78 Å². The van der Waals surface area contributed by atoms with Crippen LogP contribution >= 0.6 is 0 Å². The highest BCUT2D eigenvalue weighted by molar-refractivity contribution is 5.76. The number of hydrogen-bond donors (Lipinski definition) is 1. The minimum absolute atomic E-state index is 0.137. The Balaban J connectivity index is 1.95. The van der Waals surface area contributed by atoms with Gasteiger partial charge in [-0.15, -0.1) is 0 Å². The molecule has 2 rings (SSSR count). The van der Waals surface area contributed by atoms with Crippen LogP contribution in [0.25, 0.3) is 0 Å². The van der Waals surface area contributed by atoms with Crippen molar-refractivity contribution in [3.8, 4) is 5.75 Å². The lowest BCUT2D eigenvalue weighted by Gasteiger charge is -2.16. The summed E-state index contributed by atoms with van der Waals surface area (Å²) in [6.45, 7) is 4.09. The largest absolute Gasteiger partial charge is 0.494 e. The van der Waals surface area contributed by atoms with Crippen molar-refractivity contribution in [1.29, 1.82) is 0 Å². The van der Waals surface area contributed by atoms with Crippen molar-refractivity contribution < 1.29 is 18.3 Å². The van der Waals surface area contributed by atoms with Crippen molar-refractivity contribution in [2.75, 3.05) is 6.61 Å². The molecule has 1 atom stereocenters. The van der Waals surface area contributed by atoms with E-state index in [-0.39, 0.29) is 17.9 Å². The summed E-state index contributed by atoms with van der Waals surface area (Å²) in [7, 11) is 0. The zero-order valence-electron chi connectivity index (χ0n) is 13.8. The molecule has 2 aromatic rings. The Kier molecular flexibility index (Phi) is 6.29. The smallest absolute Gasteiger partial charge is 0.220 e. The molecule has 2 aromatic carbocycles. The lowest BCUT2D eigenvalue weighted by atomic mass is 10.1. The Morgan fingerprint density at radius 1 is 1.21 bits per heavy atom. The Morgan fingerprint density at radius 2 is 1.96 bits per heavy atom. The molecule has 0 aromatic heterocycles. The number of hydrogen-bond acceptors (Lipinski definition) is 2. The molecule has 0 bridgehead atoms. The highest BCUT2D eigenvalue weighted by Crippen LogP contribution is 2.21. The number of carbonyl (C=O) groups is 1. The summed E-state index contributed by atoms with van der Waals surface area (Å²) in [6.07, 6.45) is 0.756. The first-order valence-electron chi connectivity index (χ1n) is 7.96. The van der Waals surface area contributed by atoms with E-state index in [1.807, 2.05) is 31.2 Å². The van der Waals surface area contributed by atoms with Gasteiger partial charge in [0.05, 0.1) is 12.6 Å². The van der Waals surface area contributed by atoms with Gasteiger partial charge in [0.15, 0.2) is 0 Å². The molecular formula is C19H21F2NO2. The standard InChI is InChI=1S/C19H21F2NO2/c1-3-24-18-7-5-4-6-14(18)8-11-19(23)22-13(2)16-12-15(20)9-10-17(16)21/h4-7,9-10,12-13H,3,8,11H2,1-2H3,(H,22,23). The van der Waals surface area contributed by atoms with E-state index in [1.54, 1.807) is 6.92 Å². The molecule has 1 amide bonds. The Hall–Kier alpha value is -2.43. The maximum absolute atomic E-state index is 13.7. The molecule has 0 aliphatic carbocycles. The third-order valence-corrected chi connectivity index (χ3v) is 3.70. The van der Waals surface area contributed by atoms with E-state index in [0.717, 1.165) is 29.5 Å². The highest BCUT2D eigenvalue weighted by Gasteiger charge is 2.15. The van der Waals surface area contributed by atoms with Crippen LogP contribution in [-0.2, 0) is 11.2 Å². The first-order chi connectivity index (χ1) is 11.5. The van der Waals surface area contributed by atoms with E-state index in [4.69, 9.17) is 4.74 Å². The molecule has 128 valence electrons. The molecule has 0 heterocycles. The second-order valence-corrected chi connectivity index (χ2v) is 5.50. The van der Waals surface area contributed by atoms with Crippen LogP contribution in [0.2, 0.25) is 0 Å². The normalized spacial score (nSPS) is 11.8. The van der Waals surface area contributed by atoms with E-state index in [0.29, 0.717) is 13.0 Å². The van der Waals surface area contributed by atoms with Crippen molar-refractivity contribution in [3.05, 3.63) is 65.2 Å². The first kappa shape index (κ1) is 17.9. The van der Waals surface area contributed by atoms with Crippen molar-refractivity contribution in [2.24, 2.45) is 0 Å². The fourth-order valence-corrected chi connectivity index (χ4v) is 2.49. The van der Waals surface area contributed by atoms with E-state index >= 15 is 0 Å². The monoisotopic (exact) mass is 333 g/mol. The number of ether oxygens (including phenoxy) is 1. The van der Waals surface area contributed by atoms with Crippen LogP contribution in [0, 0.1) is 11.6 Å². The van der Waals surface area contributed by atoms with Crippen molar-refractivity contribution in [1.82, 2.24) is 5.32 Å². The lowest BCUT2D eigenvalue weighted by molar-refractivity contribution is -0.121. The summed E-state index contributed by atoms with van der Waals surface area (Å²) < 4.78 is 32.5. The number of nitrogens with one attached hydrogen (secondary N) is 1. The average molecular weight is 333 g/mol. The van der Waals surface area contributed by atoms with Gasteiger partial charge in [-0.3, -0.25) is 4.79 Å². The summed E-state index contributed by atoms with van der Waals surface area (Å²) in [6, 6.07) is 10.2. The van der Waals surface area contributed by atoms with Crippen LogP contribution in [0.15, 0.2) is 42.5 Å². The third-order valence-electron chi connectivity index (χ3n) is 3.70. The van der Waals surface area contributed by atoms with Gasteiger partial charge in [0.1, 0.15) is 17.4 Å². The van der Waals surface area contributed by atoms with E-state index in [1.165, 1.54) is 0 Å². The molecular weight excluding hydrogens is 312 g/mol. The molecule has 0 saturated carbocycles. The van der Waals surface area contributed by atoms with Crippen LogP contribution in [0.1, 0.15) is 37.4 Å². The van der Waals surface area contributed by atoms with Gasteiger partial charge in [0.2, 0.25) is 5.91 Å². The number of amides is 1. The van der Waals surface area contributed by atoms with E-state index in [9.17, 15) is 13.6 Å².